The van der Waals surface area contributed by atoms with Crippen LogP contribution in [0.2, 0.25) is 0 Å². The summed E-state index contributed by atoms with van der Waals surface area (Å²) >= 11 is 1.64. The van der Waals surface area contributed by atoms with Crippen LogP contribution in [0.25, 0.3) is 0 Å². The summed E-state index contributed by atoms with van der Waals surface area (Å²) in [6.45, 7) is 6.60. The molecule has 0 aliphatic rings. The number of aryl methyl sites for hydroxylation is 3. The molecule has 0 saturated carbocycles. The van der Waals surface area contributed by atoms with Gasteiger partial charge in [0.1, 0.15) is 5.84 Å². The van der Waals surface area contributed by atoms with E-state index in [-0.39, 0.29) is 5.84 Å². The fourth-order valence-corrected chi connectivity index (χ4v) is 3.05. The molecule has 3 N–H and O–H groups in total. The van der Waals surface area contributed by atoms with Gasteiger partial charge in [-0.1, -0.05) is 0 Å². The Morgan fingerprint density at radius 2 is 2.05 bits per heavy atom. The number of aromatic nitrogens is 2. The van der Waals surface area contributed by atoms with Gasteiger partial charge in [0.05, 0.1) is 34.7 Å². The average molecular weight is 289 g/mol. The number of rotatable bonds is 4. The lowest BCUT2D eigenvalue weighted by atomic mass is 10.1. The Hall–Kier alpha value is -1.95. The van der Waals surface area contributed by atoms with Gasteiger partial charge in [0.15, 0.2) is 0 Å². The zero-order chi connectivity index (χ0) is 14.9. The van der Waals surface area contributed by atoms with E-state index in [1.165, 1.54) is 4.88 Å². The lowest BCUT2D eigenvalue weighted by molar-refractivity contribution is 0.914. The first-order valence-electron chi connectivity index (χ1n) is 6.33. The van der Waals surface area contributed by atoms with Crippen LogP contribution < -0.4 is 10.6 Å². The molecule has 2 aromatic heterocycles. The predicted octanol–water partition coefficient (Wildman–Crippen LogP) is 2.38. The molecule has 0 atom stereocenters. The molecule has 2 heterocycles. The van der Waals surface area contributed by atoms with E-state index in [9.17, 15) is 0 Å². The van der Waals surface area contributed by atoms with E-state index < -0.39 is 0 Å². The van der Waals surface area contributed by atoms with E-state index in [4.69, 9.17) is 11.1 Å². The van der Waals surface area contributed by atoms with Gasteiger partial charge in [0.2, 0.25) is 0 Å². The molecule has 0 aliphatic carbocycles. The highest BCUT2D eigenvalue weighted by Crippen LogP contribution is 2.25. The van der Waals surface area contributed by atoms with Crippen molar-refractivity contribution in [3.05, 3.63) is 39.1 Å². The van der Waals surface area contributed by atoms with Gasteiger partial charge in [0.25, 0.3) is 0 Å². The average Bonchev–Trinajstić information content (AvgIpc) is 2.73. The molecule has 2 aromatic rings. The minimum atomic E-state index is 0.0536. The quantitative estimate of drug-likeness (QED) is 0.669. The Kier molecular flexibility index (Phi) is 4.04. The molecule has 20 heavy (non-hydrogen) atoms. The minimum absolute atomic E-state index is 0.0536. The van der Waals surface area contributed by atoms with Gasteiger partial charge < -0.3 is 10.6 Å². The van der Waals surface area contributed by atoms with Gasteiger partial charge in [-0.15, -0.1) is 11.3 Å². The molecule has 0 amide bonds. The molecule has 0 fully saturated rings. The first kappa shape index (κ1) is 14.5. The smallest absolute Gasteiger partial charge is 0.126 e. The summed E-state index contributed by atoms with van der Waals surface area (Å²) in [4.78, 5) is 12.0. The van der Waals surface area contributed by atoms with Crippen LogP contribution in [0, 0.1) is 26.2 Å². The summed E-state index contributed by atoms with van der Waals surface area (Å²) in [7, 11) is 2.00. The van der Waals surface area contributed by atoms with E-state index >= 15 is 0 Å². The van der Waals surface area contributed by atoms with E-state index in [2.05, 4.69) is 14.9 Å². The van der Waals surface area contributed by atoms with E-state index in [1.54, 1.807) is 11.3 Å². The summed E-state index contributed by atoms with van der Waals surface area (Å²) in [5.41, 5.74) is 12.0. The van der Waals surface area contributed by atoms with E-state index in [0.29, 0.717) is 5.56 Å². The molecule has 2 rings (SSSR count). The van der Waals surface area contributed by atoms with Gasteiger partial charge in [-0.3, -0.25) is 10.4 Å². The van der Waals surface area contributed by atoms with Crippen molar-refractivity contribution in [2.45, 2.75) is 27.3 Å². The number of nitrogen functional groups attached to an aromatic ring is 1. The second-order valence-electron chi connectivity index (χ2n) is 4.87. The van der Waals surface area contributed by atoms with Crippen molar-refractivity contribution in [2.24, 2.45) is 5.73 Å². The minimum Gasteiger partial charge on any atom is -0.384 e. The Bertz CT molecular complexity index is 647. The number of pyridine rings is 1. The summed E-state index contributed by atoms with van der Waals surface area (Å²) in [5.74, 6) is 0.0536. The van der Waals surface area contributed by atoms with Crippen LogP contribution in [0.15, 0.2) is 11.6 Å². The maximum Gasteiger partial charge on any atom is 0.126 e. The van der Waals surface area contributed by atoms with Crippen molar-refractivity contribution in [2.75, 3.05) is 11.9 Å². The second-order valence-corrected chi connectivity index (χ2v) is 5.81. The fraction of sp³-hybridized carbons (Fsp3) is 0.357. The summed E-state index contributed by atoms with van der Waals surface area (Å²) in [5, 5.41) is 7.77. The molecule has 0 saturated heterocycles. The molecular formula is C14H19N5S. The van der Waals surface area contributed by atoms with Crippen LogP contribution in [0.5, 0.6) is 0 Å². The van der Waals surface area contributed by atoms with Crippen LogP contribution in [-0.2, 0) is 6.54 Å². The van der Waals surface area contributed by atoms with Crippen LogP contribution >= 0.6 is 11.3 Å². The van der Waals surface area contributed by atoms with Crippen LogP contribution in [0.4, 0.5) is 5.69 Å². The van der Waals surface area contributed by atoms with E-state index in [0.717, 1.165) is 29.3 Å². The van der Waals surface area contributed by atoms with Gasteiger partial charge in [-0.05, 0) is 26.8 Å². The number of nitrogens with two attached hydrogens (primary N) is 1. The number of nitrogens with one attached hydrogen (secondary N) is 1. The molecule has 5 nitrogen and oxygen atoms in total. The van der Waals surface area contributed by atoms with E-state index in [1.807, 2.05) is 39.4 Å². The largest absolute Gasteiger partial charge is 0.384 e. The molecule has 0 aromatic carbocycles. The number of thiazole rings is 1. The maximum atomic E-state index is 7.77. The van der Waals surface area contributed by atoms with Crippen molar-refractivity contribution in [3.8, 4) is 0 Å². The maximum absolute atomic E-state index is 7.77. The number of hydrogen-bond donors (Lipinski definition) is 2. The van der Waals surface area contributed by atoms with Crippen LogP contribution in [0.3, 0.4) is 0 Å². The van der Waals surface area contributed by atoms with Crippen LogP contribution in [0.1, 0.15) is 27.5 Å². The zero-order valence-electron chi connectivity index (χ0n) is 12.2. The first-order chi connectivity index (χ1) is 9.40. The molecule has 0 unspecified atom stereocenters. The molecule has 0 aliphatic heterocycles. The molecule has 106 valence electrons. The van der Waals surface area contributed by atoms with Crippen molar-refractivity contribution in [1.82, 2.24) is 9.97 Å². The highest BCUT2D eigenvalue weighted by atomic mass is 32.1. The van der Waals surface area contributed by atoms with Crippen LogP contribution in [-0.4, -0.2) is 22.9 Å². The predicted molar refractivity (Wildman–Crippen MR) is 83.7 cm³/mol. The van der Waals surface area contributed by atoms with Gasteiger partial charge >= 0.3 is 0 Å². The fourth-order valence-electron chi connectivity index (χ4n) is 2.22. The third-order valence-electron chi connectivity index (χ3n) is 3.21. The Labute approximate surface area is 123 Å². The third kappa shape index (κ3) is 2.80. The standard InChI is InChI=1S/C14H19N5S/c1-8-5-11(13(14(15)16)10(3)18-8)19(4)6-12-9(2)17-7-20-12/h5,7H,6H2,1-4H3,(H3,15,16). The summed E-state index contributed by atoms with van der Waals surface area (Å²) < 4.78 is 0. The normalized spacial score (nSPS) is 10.6. The first-order valence-corrected chi connectivity index (χ1v) is 7.21. The van der Waals surface area contributed by atoms with Crippen molar-refractivity contribution in [3.63, 3.8) is 0 Å². The highest BCUT2D eigenvalue weighted by Gasteiger charge is 2.16. The zero-order valence-corrected chi connectivity index (χ0v) is 13.0. The van der Waals surface area contributed by atoms with Crippen molar-refractivity contribution in [1.29, 1.82) is 5.41 Å². The van der Waals surface area contributed by atoms with Crippen molar-refractivity contribution < 1.29 is 0 Å². The topological polar surface area (TPSA) is 78.9 Å². The summed E-state index contributed by atoms with van der Waals surface area (Å²) in [6, 6.07) is 1.97. The molecule has 6 heteroatoms. The Morgan fingerprint density at radius 1 is 1.35 bits per heavy atom. The number of anilines is 1. The second kappa shape index (κ2) is 5.58. The number of amidine groups is 1. The Balaban J connectivity index is 2.41. The molecule has 0 bridgehead atoms. The van der Waals surface area contributed by atoms with Gasteiger partial charge in [-0.25, -0.2) is 4.98 Å². The van der Waals surface area contributed by atoms with Gasteiger partial charge in [-0.2, -0.15) is 0 Å². The van der Waals surface area contributed by atoms with Crippen molar-refractivity contribution >= 4 is 22.9 Å². The lowest BCUT2D eigenvalue weighted by Crippen LogP contribution is -2.23. The summed E-state index contributed by atoms with van der Waals surface area (Å²) in [6.07, 6.45) is 0. The van der Waals surface area contributed by atoms with Gasteiger partial charge in [0, 0.05) is 17.6 Å². The lowest BCUT2D eigenvalue weighted by Gasteiger charge is -2.23. The number of nitrogens with zero attached hydrogens (tertiary/aromatic N) is 3. The SMILES string of the molecule is Cc1cc(N(C)Cc2scnc2C)c(C(=N)N)c(C)n1. The molecule has 0 spiro atoms. The number of hydrogen-bond acceptors (Lipinski definition) is 5. The third-order valence-corrected chi connectivity index (χ3v) is 4.13. The molecule has 0 radical (unpaired) electrons. The monoisotopic (exact) mass is 289 g/mol. The Morgan fingerprint density at radius 3 is 2.60 bits per heavy atom. The molecular weight excluding hydrogens is 270 g/mol. The highest BCUT2D eigenvalue weighted by molar-refractivity contribution is 7.09.